The zero-order valence-electron chi connectivity index (χ0n) is 13.8. The third kappa shape index (κ3) is 3.79. The van der Waals surface area contributed by atoms with Gasteiger partial charge in [-0.15, -0.1) is 0 Å². The molecule has 0 aliphatic carbocycles. The molecule has 128 valence electrons. The first kappa shape index (κ1) is 17.7. The van der Waals surface area contributed by atoms with Crippen LogP contribution in [0.1, 0.15) is 31.7 Å². The lowest BCUT2D eigenvalue weighted by molar-refractivity contribution is -0.144. The summed E-state index contributed by atoms with van der Waals surface area (Å²) in [6.45, 7) is 3.88. The average Bonchev–Trinajstić information content (AvgIpc) is 2.79. The second-order valence-corrected chi connectivity index (χ2v) is 5.75. The van der Waals surface area contributed by atoms with Crippen LogP contribution in [-0.4, -0.2) is 53.2 Å². The quantitative estimate of drug-likeness (QED) is 0.599. The molecule has 1 aliphatic heterocycles. The van der Waals surface area contributed by atoms with E-state index in [9.17, 15) is 19.2 Å². The number of urea groups is 1. The van der Waals surface area contributed by atoms with Crippen molar-refractivity contribution in [2.45, 2.75) is 26.2 Å². The summed E-state index contributed by atoms with van der Waals surface area (Å²) in [6.07, 6.45) is 0.555. The van der Waals surface area contributed by atoms with Crippen molar-refractivity contribution in [2.75, 3.05) is 19.6 Å². The van der Waals surface area contributed by atoms with E-state index in [0.717, 1.165) is 10.5 Å². The highest BCUT2D eigenvalue weighted by Crippen LogP contribution is 2.14. The molecule has 1 fully saturated rings. The van der Waals surface area contributed by atoms with Gasteiger partial charge < -0.3 is 5.32 Å². The summed E-state index contributed by atoms with van der Waals surface area (Å²) < 4.78 is 0. The first-order chi connectivity index (χ1) is 11.5. The number of nitrogens with one attached hydrogen (secondary N) is 1. The highest BCUT2D eigenvalue weighted by molar-refractivity contribution is 6.45. The Bertz CT molecular complexity index is 644. The van der Waals surface area contributed by atoms with Crippen molar-refractivity contribution < 1.29 is 19.2 Å². The molecule has 0 radical (unpaired) electrons. The van der Waals surface area contributed by atoms with Crippen LogP contribution in [0.2, 0.25) is 0 Å². The van der Waals surface area contributed by atoms with Gasteiger partial charge in [-0.25, -0.2) is 9.69 Å². The molecule has 1 aromatic rings. The first-order valence-corrected chi connectivity index (χ1v) is 7.94. The molecular weight excluding hydrogens is 310 g/mol. The third-order valence-electron chi connectivity index (χ3n) is 3.86. The zero-order valence-corrected chi connectivity index (χ0v) is 13.8. The van der Waals surface area contributed by atoms with Crippen LogP contribution in [-0.2, 0) is 14.4 Å². The van der Waals surface area contributed by atoms with Crippen molar-refractivity contribution in [1.29, 1.82) is 0 Å². The predicted octanol–water partition coefficient (Wildman–Crippen LogP) is 1.11. The van der Waals surface area contributed by atoms with Gasteiger partial charge in [-0.2, -0.15) is 0 Å². The fraction of sp³-hybridized carbons (Fsp3) is 0.412. The lowest BCUT2D eigenvalue weighted by atomic mass is 10.0. The zero-order chi connectivity index (χ0) is 17.7. The van der Waals surface area contributed by atoms with Gasteiger partial charge in [-0.3, -0.25) is 19.3 Å². The van der Waals surface area contributed by atoms with Crippen molar-refractivity contribution in [3.63, 3.8) is 0 Å². The molecule has 1 aliphatic rings. The van der Waals surface area contributed by atoms with Crippen LogP contribution in [0.25, 0.3) is 0 Å². The maximum atomic E-state index is 12.0. The van der Waals surface area contributed by atoms with E-state index >= 15 is 0 Å². The second kappa shape index (κ2) is 7.72. The molecule has 0 unspecified atom stereocenters. The smallest absolute Gasteiger partial charge is 0.334 e. The fourth-order valence-corrected chi connectivity index (χ4v) is 2.48. The molecule has 7 heteroatoms. The van der Waals surface area contributed by atoms with Crippen molar-refractivity contribution >= 4 is 23.8 Å². The molecule has 1 heterocycles. The van der Waals surface area contributed by atoms with Crippen LogP contribution in [0.15, 0.2) is 30.3 Å². The van der Waals surface area contributed by atoms with Gasteiger partial charge in [0.1, 0.15) is 6.54 Å². The number of benzene rings is 1. The Hall–Kier alpha value is -2.70. The van der Waals surface area contributed by atoms with E-state index in [1.54, 1.807) is 6.92 Å². The van der Waals surface area contributed by atoms with Gasteiger partial charge in [0.05, 0.1) is 0 Å². The van der Waals surface area contributed by atoms with E-state index in [1.807, 2.05) is 37.3 Å². The van der Waals surface area contributed by atoms with E-state index in [0.29, 0.717) is 17.9 Å². The topological polar surface area (TPSA) is 86.8 Å². The molecule has 1 N–H and O–H groups in total. The van der Waals surface area contributed by atoms with Crippen molar-refractivity contribution in [1.82, 2.24) is 15.1 Å². The molecule has 0 spiro atoms. The van der Waals surface area contributed by atoms with Crippen LogP contribution >= 0.6 is 0 Å². The normalized spacial score (nSPS) is 15.8. The van der Waals surface area contributed by atoms with E-state index in [1.165, 1.54) is 0 Å². The number of carbonyl (C=O) groups is 4. The van der Waals surface area contributed by atoms with Gasteiger partial charge in [0.15, 0.2) is 0 Å². The molecule has 1 aromatic carbocycles. The first-order valence-electron chi connectivity index (χ1n) is 7.94. The Labute approximate surface area is 140 Å². The maximum Gasteiger partial charge on any atom is 0.334 e. The van der Waals surface area contributed by atoms with Crippen molar-refractivity contribution in [2.24, 2.45) is 0 Å². The SMILES string of the molecule is CCCN1C(=O)C(=O)N(CC(=O)NC[C@@H](C)c2ccccc2)C1=O. The van der Waals surface area contributed by atoms with Gasteiger partial charge in [0, 0.05) is 13.1 Å². The molecule has 24 heavy (non-hydrogen) atoms. The Morgan fingerprint density at radius 1 is 1.08 bits per heavy atom. The molecule has 5 amide bonds. The Morgan fingerprint density at radius 2 is 1.71 bits per heavy atom. The van der Waals surface area contributed by atoms with Crippen LogP contribution in [0.4, 0.5) is 4.79 Å². The minimum absolute atomic E-state index is 0.0957. The Balaban J connectivity index is 1.89. The molecule has 1 atom stereocenters. The summed E-state index contributed by atoms with van der Waals surface area (Å²) in [6, 6.07) is 8.96. The molecule has 7 nitrogen and oxygen atoms in total. The van der Waals surface area contributed by atoms with Gasteiger partial charge in [0.25, 0.3) is 0 Å². The van der Waals surface area contributed by atoms with Gasteiger partial charge in [-0.1, -0.05) is 44.2 Å². The highest BCUT2D eigenvalue weighted by atomic mass is 16.2. The van der Waals surface area contributed by atoms with Crippen molar-refractivity contribution in [3.05, 3.63) is 35.9 Å². The average molecular weight is 331 g/mol. The van der Waals surface area contributed by atoms with Crippen LogP contribution < -0.4 is 5.32 Å². The van der Waals surface area contributed by atoms with Gasteiger partial charge >= 0.3 is 17.8 Å². The van der Waals surface area contributed by atoms with E-state index in [4.69, 9.17) is 0 Å². The predicted molar refractivity (Wildman–Crippen MR) is 87.0 cm³/mol. The lowest BCUT2D eigenvalue weighted by Gasteiger charge is -2.16. The number of hydrogen-bond donors (Lipinski definition) is 1. The van der Waals surface area contributed by atoms with Crippen LogP contribution in [0.5, 0.6) is 0 Å². The van der Waals surface area contributed by atoms with Gasteiger partial charge in [-0.05, 0) is 17.9 Å². The van der Waals surface area contributed by atoms with E-state index in [2.05, 4.69) is 5.32 Å². The fourth-order valence-electron chi connectivity index (χ4n) is 2.48. The molecule has 1 saturated heterocycles. The standard InChI is InChI=1S/C17H21N3O4/c1-3-9-19-15(22)16(23)20(17(19)24)11-14(21)18-10-12(2)13-7-5-4-6-8-13/h4-8,12H,3,9-11H2,1-2H3,(H,18,21)/t12-/m1/s1. The number of amides is 5. The molecule has 2 rings (SSSR count). The van der Waals surface area contributed by atoms with E-state index < -0.39 is 30.3 Å². The summed E-state index contributed by atoms with van der Waals surface area (Å²) in [7, 11) is 0. The van der Waals surface area contributed by atoms with Crippen LogP contribution in [0, 0.1) is 0 Å². The lowest BCUT2D eigenvalue weighted by Crippen LogP contribution is -2.42. The minimum Gasteiger partial charge on any atom is -0.354 e. The summed E-state index contributed by atoms with van der Waals surface area (Å²) >= 11 is 0. The maximum absolute atomic E-state index is 12.0. The molecule has 0 saturated carbocycles. The van der Waals surface area contributed by atoms with Crippen LogP contribution in [0.3, 0.4) is 0 Å². The van der Waals surface area contributed by atoms with E-state index in [-0.39, 0.29) is 12.5 Å². The summed E-state index contributed by atoms with van der Waals surface area (Å²) in [5.41, 5.74) is 1.08. The minimum atomic E-state index is -0.945. The summed E-state index contributed by atoms with van der Waals surface area (Å²) in [4.78, 5) is 49.2. The largest absolute Gasteiger partial charge is 0.354 e. The number of hydrogen-bond acceptors (Lipinski definition) is 4. The second-order valence-electron chi connectivity index (χ2n) is 5.75. The number of imide groups is 2. The Morgan fingerprint density at radius 3 is 2.33 bits per heavy atom. The third-order valence-corrected chi connectivity index (χ3v) is 3.86. The molecule has 0 bridgehead atoms. The Kier molecular flexibility index (Phi) is 5.68. The number of nitrogens with zero attached hydrogens (tertiary/aromatic N) is 2. The highest BCUT2D eigenvalue weighted by Gasteiger charge is 2.44. The number of rotatable bonds is 7. The number of carbonyl (C=O) groups excluding carboxylic acids is 4. The summed E-state index contributed by atoms with van der Waals surface area (Å²) in [5, 5.41) is 2.70. The van der Waals surface area contributed by atoms with Crippen molar-refractivity contribution in [3.8, 4) is 0 Å². The monoisotopic (exact) mass is 331 g/mol. The summed E-state index contributed by atoms with van der Waals surface area (Å²) in [5.74, 6) is -2.18. The van der Waals surface area contributed by atoms with Gasteiger partial charge in [0.2, 0.25) is 5.91 Å². The molecule has 0 aromatic heterocycles. The molecular formula is C17H21N3O4.